The zero-order valence-electron chi connectivity index (χ0n) is 10.9. The Bertz CT molecular complexity index is 365. The van der Waals surface area contributed by atoms with E-state index in [2.05, 4.69) is 0 Å². The Labute approximate surface area is 106 Å². The fourth-order valence-electron chi connectivity index (χ4n) is 1.98. The molecule has 0 atom stereocenters. The minimum absolute atomic E-state index is 0.0279. The molecule has 0 unspecified atom stereocenters. The lowest BCUT2D eigenvalue weighted by Gasteiger charge is -2.46. The molecule has 1 N–H and O–H groups in total. The summed E-state index contributed by atoms with van der Waals surface area (Å²) < 4.78 is 10.3. The maximum atomic E-state index is 12.2. The highest BCUT2D eigenvalue weighted by molar-refractivity contribution is 5.86. The lowest BCUT2D eigenvalue weighted by atomic mass is 9.95. The van der Waals surface area contributed by atoms with Gasteiger partial charge in [-0.1, -0.05) is 0 Å². The Kier molecular flexibility index (Phi) is 3.01. The van der Waals surface area contributed by atoms with E-state index in [1.165, 1.54) is 4.90 Å². The molecule has 0 aromatic carbocycles. The van der Waals surface area contributed by atoms with Crippen LogP contribution in [0.15, 0.2) is 0 Å². The molecule has 1 saturated carbocycles. The maximum absolute atomic E-state index is 12.2. The molecular formula is C12H19NO5. The van der Waals surface area contributed by atoms with Gasteiger partial charge in [0.15, 0.2) is 5.54 Å². The second-order valence-corrected chi connectivity index (χ2v) is 5.91. The van der Waals surface area contributed by atoms with Crippen LogP contribution < -0.4 is 0 Å². The number of carboxylic acids is 1. The monoisotopic (exact) mass is 257 g/mol. The number of ether oxygens (including phenoxy) is 2. The van der Waals surface area contributed by atoms with Crippen LogP contribution in [0, 0.1) is 0 Å². The van der Waals surface area contributed by atoms with Crippen molar-refractivity contribution in [2.24, 2.45) is 0 Å². The first-order valence-corrected chi connectivity index (χ1v) is 6.10. The van der Waals surface area contributed by atoms with Gasteiger partial charge in [0, 0.05) is 6.04 Å². The fraction of sp³-hybridized carbons (Fsp3) is 0.833. The standard InChI is InChI=1S/C12H19NO5/c1-11(2,3)18-10(16)13(8-4-5-8)12(9(14)15)6-17-7-12/h8H,4-7H2,1-3H3,(H,14,15). The summed E-state index contributed by atoms with van der Waals surface area (Å²) in [4.78, 5) is 25.0. The Morgan fingerprint density at radius 2 is 1.89 bits per heavy atom. The van der Waals surface area contributed by atoms with E-state index in [0.717, 1.165) is 12.8 Å². The van der Waals surface area contributed by atoms with Crippen molar-refractivity contribution in [1.29, 1.82) is 0 Å². The third-order valence-corrected chi connectivity index (χ3v) is 3.04. The second-order valence-electron chi connectivity index (χ2n) is 5.91. The van der Waals surface area contributed by atoms with Crippen molar-refractivity contribution in [3.8, 4) is 0 Å². The lowest BCUT2D eigenvalue weighted by molar-refractivity contribution is -0.185. The molecule has 2 rings (SSSR count). The molecule has 1 amide bonds. The summed E-state index contributed by atoms with van der Waals surface area (Å²) in [6.07, 6.45) is 1.10. The van der Waals surface area contributed by atoms with Crippen molar-refractivity contribution in [3.63, 3.8) is 0 Å². The summed E-state index contributed by atoms with van der Waals surface area (Å²) in [5, 5.41) is 9.35. The van der Waals surface area contributed by atoms with Crippen LogP contribution in [0.2, 0.25) is 0 Å². The molecule has 18 heavy (non-hydrogen) atoms. The van der Waals surface area contributed by atoms with Crippen molar-refractivity contribution < 1.29 is 24.2 Å². The summed E-state index contributed by atoms with van der Waals surface area (Å²) in [5.74, 6) is -1.02. The zero-order chi connectivity index (χ0) is 13.6. The van der Waals surface area contributed by atoms with Crippen LogP contribution in [-0.2, 0) is 14.3 Å². The number of aliphatic carboxylic acids is 1. The number of carbonyl (C=O) groups excluding carboxylic acids is 1. The number of nitrogens with zero attached hydrogens (tertiary/aromatic N) is 1. The average Bonchev–Trinajstić information content (AvgIpc) is 2.89. The van der Waals surface area contributed by atoms with Crippen LogP contribution in [0.5, 0.6) is 0 Å². The number of hydrogen-bond donors (Lipinski definition) is 1. The summed E-state index contributed by atoms with van der Waals surface area (Å²) in [6.45, 7) is 5.37. The van der Waals surface area contributed by atoms with Gasteiger partial charge in [0.2, 0.25) is 0 Å². The van der Waals surface area contributed by atoms with E-state index < -0.39 is 23.2 Å². The highest BCUT2D eigenvalue weighted by Gasteiger charge is 2.58. The first-order valence-electron chi connectivity index (χ1n) is 6.10. The van der Waals surface area contributed by atoms with Crippen molar-refractivity contribution in [2.75, 3.05) is 13.2 Å². The van der Waals surface area contributed by atoms with Gasteiger partial charge in [-0.15, -0.1) is 0 Å². The van der Waals surface area contributed by atoms with E-state index in [4.69, 9.17) is 9.47 Å². The highest BCUT2D eigenvalue weighted by atomic mass is 16.6. The van der Waals surface area contributed by atoms with Gasteiger partial charge < -0.3 is 14.6 Å². The van der Waals surface area contributed by atoms with Crippen LogP contribution in [0.25, 0.3) is 0 Å². The van der Waals surface area contributed by atoms with Gasteiger partial charge in [-0.25, -0.2) is 9.59 Å². The molecule has 0 aromatic rings. The SMILES string of the molecule is CC(C)(C)OC(=O)N(C1CC1)C1(C(=O)O)COC1. The van der Waals surface area contributed by atoms with Gasteiger partial charge in [0.1, 0.15) is 5.60 Å². The minimum Gasteiger partial charge on any atom is -0.479 e. The first-order chi connectivity index (χ1) is 8.26. The minimum atomic E-state index is -1.23. The number of hydrogen-bond acceptors (Lipinski definition) is 4. The Balaban J connectivity index is 2.18. The molecule has 1 saturated heterocycles. The van der Waals surface area contributed by atoms with Crippen LogP contribution in [0.4, 0.5) is 4.79 Å². The number of rotatable bonds is 3. The molecule has 2 fully saturated rings. The van der Waals surface area contributed by atoms with Crippen LogP contribution in [-0.4, -0.2) is 52.5 Å². The van der Waals surface area contributed by atoms with E-state index in [1.807, 2.05) is 0 Å². The van der Waals surface area contributed by atoms with E-state index in [0.29, 0.717) is 0 Å². The van der Waals surface area contributed by atoms with Crippen molar-refractivity contribution in [1.82, 2.24) is 4.90 Å². The largest absolute Gasteiger partial charge is 0.479 e. The van der Waals surface area contributed by atoms with Gasteiger partial charge in [-0.05, 0) is 33.6 Å². The molecule has 0 bridgehead atoms. The first kappa shape index (κ1) is 13.1. The summed E-state index contributed by atoms with van der Waals surface area (Å²) in [6, 6.07) is -0.0279. The van der Waals surface area contributed by atoms with E-state index in [9.17, 15) is 14.7 Å². The third kappa shape index (κ3) is 2.29. The molecule has 102 valence electrons. The predicted molar refractivity (Wildman–Crippen MR) is 62.3 cm³/mol. The Hall–Kier alpha value is -1.30. The van der Waals surface area contributed by atoms with Crippen molar-refractivity contribution in [3.05, 3.63) is 0 Å². The summed E-state index contributed by atoms with van der Waals surface area (Å²) in [7, 11) is 0. The second kappa shape index (κ2) is 4.12. The molecule has 0 spiro atoms. The lowest BCUT2D eigenvalue weighted by Crippen LogP contribution is -2.69. The smallest absolute Gasteiger partial charge is 0.411 e. The van der Waals surface area contributed by atoms with Crippen molar-refractivity contribution >= 4 is 12.1 Å². The molecule has 0 aromatic heterocycles. The predicted octanol–water partition coefficient (Wildman–Crippen LogP) is 1.24. The normalized spacial score (nSPS) is 21.9. The van der Waals surface area contributed by atoms with E-state index >= 15 is 0 Å². The van der Waals surface area contributed by atoms with Gasteiger partial charge >= 0.3 is 12.1 Å². The molecule has 0 radical (unpaired) electrons. The van der Waals surface area contributed by atoms with E-state index in [1.54, 1.807) is 20.8 Å². The number of amides is 1. The third-order valence-electron chi connectivity index (χ3n) is 3.04. The van der Waals surface area contributed by atoms with Gasteiger partial charge in [0.05, 0.1) is 13.2 Å². The van der Waals surface area contributed by atoms with Gasteiger partial charge in [-0.3, -0.25) is 4.90 Å². The molecule has 6 nitrogen and oxygen atoms in total. The fourth-order valence-corrected chi connectivity index (χ4v) is 1.98. The maximum Gasteiger partial charge on any atom is 0.411 e. The zero-order valence-corrected chi connectivity index (χ0v) is 10.9. The molecule has 1 aliphatic carbocycles. The molecule has 6 heteroatoms. The highest BCUT2D eigenvalue weighted by Crippen LogP contribution is 2.38. The molecule has 1 aliphatic heterocycles. The van der Waals surface area contributed by atoms with Crippen LogP contribution >= 0.6 is 0 Å². The topological polar surface area (TPSA) is 76.1 Å². The number of carboxylic acid groups (broad SMARTS) is 1. The average molecular weight is 257 g/mol. The molecule has 2 aliphatic rings. The Morgan fingerprint density at radius 3 is 2.17 bits per heavy atom. The number of carbonyl (C=O) groups is 2. The summed E-state index contributed by atoms with van der Waals surface area (Å²) in [5.41, 5.74) is -1.86. The Morgan fingerprint density at radius 1 is 1.33 bits per heavy atom. The molecular weight excluding hydrogens is 238 g/mol. The van der Waals surface area contributed by atoms with E-state index in [-0.39, 0.29) is 19.3 Å². The van der Waals surface area contributed by atoms with Crippen LogP contribution in [0.1, 0.15) is 33.6 Å². The van der Waals surface area contributed by atoms with Crippen molar-refractivity contribution in [2.45, 2.75) is 50.8 Å². The molecule has 1 heterocycles. The van der Waals surface area contributed by atoms with Gasteiger partial charge in [0.25, 0.3) is 0 Å². The van der Waals surface area contributed by atoms with Gasteiger partial charge in [-0.2, -0.15) is 0 Å². The quantitative estimate of drug-likeness (QED) is 0.823. The summed E-state index contributed by atoms with van der Waals surface area (Å²) >= 11 is 0. The van der Waals surface area contributed by atoms with Crippen LogP contribution in [0.3, 0.4) is 0 Å².